The van der Waals surface area contributed by atoms with Gasteiger partial charge in [0.2, 0.25) is 0 Å². The van der Waals surface area contributed by atoms with Crippen LogP contribution in [0.15, 0.2) is 36.4 Å². The molecule has 0 bridgehead atoms. The molecule has 0 fully saturated rings. The molecule has 0 unspecified atom stereocenters. The van der Waals surface area contributed by atoms with Crippen molar-refractivity contribution in [3.05, 3.63) is 47.0 Å². The minimum absolute atomic E-state index is 0.0191. The molecule has 0 aliphatic carbocycles. The SMILES string of the molecule is C=C(CO)Cc1ccccc1Cl. The molecule has 0 aliphatic rings. The van der Waals surface area contributed by atoms with E-state index in [0.29, 0.717) is 6.42 Å². The van der Waals surface area contributed by atoms with Gasteiger partial charge in [-0.2, -0.15) is 0 Å². The Kier molecular flexibility index (Phi) is 3.32. The van der Waals surface area contributed by atoms with Crippen molar-refractivity contribution in [1.82, 2.24) is 0 Å². The number of hydrogen-bond donors (Lipinski definition) is 1. The average molecular weight is 183 g/mol. The summed E-state index contributed by atoms with van der Waals surface area (Å²) in [7, 11) is 0. The largest absolute Gasteiger partial charge is 0.392 e. The van der Waals surface area contributed by atoms with Gasteiger partial charge in [0.05, 0.1) is 6.61 Å². The fourth-order valence-corrected chi connectivity index (χ4v) is 1.17. The summed E-state index contributed by atoms with van der Waals surface area (Å²) in [4.78, 5) is 0. The molecule has 1 N–H and O–H groups in total. The van der Waals surface area contributed by atoms with Crippen LogP contribution in [0.2, 0.25) is 5.02 Å². The van der Waals surface area contributed by atoms with E-state index in [1.165, 1.54) is 0 Å². The van der Waals surface area contributed by atoms with Crippen molar-refractivity contribution in [1.29, 1.82) is 0 Å². The second-order valence-corrected chi connectivity index (χ2v) is 3.08. The van der Waals surface area contributed by atoms with Crippen molar-refractivity contribution in [2.45, 2.75) is 6.42 Å². The molecule has 1 rings (SSSR count). The van der Waals surface area contributed by atoms with Gasteiger partial charge in [-0.1, -0.05) is 36.4 Å². The van der Waals surface area contributed by atoms with Crippen LogP contribution in [0.3, 0.4) is 0 Å². The van der Waals surface area contributed by atoms with Gasteiger partial charge in [0.25, 0.3) is 0 Å². The molecule has 64 valence electrons. The van der Waals surface area contributed by atoms with Crippen LogP contribution in [0.5, 0.6) is 0 Å². The van der Waals surface area contributed by atoms with Crippen LogP contribution in [0, 0.1) is 0 Å². The van der Waals surface area contributed by atoms with Crippen molar-refractivity contribution in [2.24, 2.45) is 0 Å². The molecule has 1 nitrogen and oxygen atoms in total. The zero-order chi connectivity index (χ0) is 8.97. The number of rotatable bonds is 3. The molecule has 0 atom stereocenters. The van der Waals surface area contributed by atoms with E-state index in [1.807, 2.05) is 24.3 Å². The molecule has 0 saturated heterocycles. The van der Waals surface area contributed by atoms with Gasteiger partial charge in [0.15, 0.2) is 0 Å². The fourth-order valence-electron chi connectivity index (χ4n) is 0.967. The van der Waals surface area contributed by atoms with E-state index in [1.54, 1.807) is 0 Å². The number of benzene rings is 1. The first-order valence-electron chi connectivity index (χ1n) is 3.75. The highest BCUT2D eigenvalue weighted by atomic mass is 35.5. The van der Waals surface area contributed by atoms with Crippen LogP contribution in [0.1, 0.15) is 5.56 Å². The van der Waals surface area contributed by atoms with Crippen LogP contribution in [0.25, 0.3) is 0 Å². The minimum atomic E-state index is 0.0191. The maximum Gasteiger partial charge on any atom is 0.0642 e. The van der Waals surface area contributed by atoms with E-state index in [4.69, 9.17) is 16.7 Å². The summed E-state index contributed by atoms with van der Waals surface area (Å²) in [6.45, 7) is 3.72. The van der Waals surface area contributed by atoms with Gasteiger partial charge in [-0.3, -0.25) is 0 Å². The first-order chi connectivity index (χ1) is 5.74. The third-order valence-corrected chi connectivity index (χ3v) is 1.99. The topological polar surface area (TPSA) is 20.2 Å². The summed E-state index contributed by atoms with van der Waals surface area (Å²) in [5.41, 5.74) is 1.79. The maximum atomic E-state index is 8.74. The highest BCUT2D eigenvalue weighted by Crippen LogP contribution is 2.17. The maximum absolute atomic E-state index is 8.74. The molecule has 0 saturated carbocycles. The monoisotopic (exact) mass is 182 g/mol. The van der Waals surface area contributed by atoms with Gasteiger partial charge in [0, 0.05) is 5.02 Å². The van der Waals surface area contributed by atoms with Crippen LogP contribution in [0.4, 0.5) is 0 Å². The predicted octanol–water partition coefficient (Wildman–Crippen LogP) is 2.43. The normalized spacial score (nSPS) is 9.83. The summed E-state index contributed by atoms with van der Waals surface area (Å²) in [5, 5.41) is 9.47. The van der Waals surface area contributed by atoms with E-state index in [-0.39, 0.29) is 6.61 Å². The van der Waals surface area contributed by atoms with E-state index in [0.717, 1.165) is 16.2 Å². The van der Waals surface area contributed by atoms with Crippen molar-refractivity contribution in [3.63, 3.8) is 0 Å². The van der Waals surface area contributed by atoms with E-state index in [9.17, 15) is 0 Å². The van der Waals surface area contributed by atoms with Crippen molar-refractivity contribution >= 4 is 11.6 Å². The van der Waals surface area contributed by atoms with E-state index < -0.39 is 0 Å². The molecule has 0 heterocycles. The molecule has 12 heavy (non-hydrogen) atoms. The Morgan fingerprint density at radius 2 is 2.08 bits per heavy atom. The molecule has 1 aromatic carbocycles. The lowest BCUT2D eigenvalue weighted by atomic mass is 10.1. The summed E-state index contributed by atoms with van der Waals surface area (Å²) >= 11 is 5.90. The van der Waals surface area contributed by atoms with Crippen LogP contribution < -0.4 is 0 Å². The Morgan fingerprint density at radius 3 is 2.67 bits per heavy atom. The molecule has 0 spiro atoms. The molecular formula is C10H11ClO. The molecular weight excluding hydrogens is 172 g/mol. The average Bonchev–Trinajstić information content (AvgIpc) is 2.09. The lowest BCUT2D eigenvalue weighted by Crippen LogP contribution is -1.94. The third kappa shape index (κ3) is 2.36. The van der Waals surface area contributed by atoms with E-state index >= 15 is 0 Å². The fraction of sp³-hybridized carbons (Fsp3) is 0.200. The Morgan fingerprint density at radius 1 is 1.42 bits per heavy atom. The zero-order valence-corrected chi connectivity index (χ0v) is 7.51. The molecule has 0 aliphatic heterocycles. The van der Waals surface area contributed by atoms with Gasteiger partial charge >= 0.3 is 0 Å². The molecule has 2 heteroatoms. The first-order valence-corrected chi connectivity index (χ1v) is 4.12. The molecule has 1 aromatic rings. The second-order valence-electron chi connectivity index (χ2n) is 2.68. The van der Waals surface area contributed by atoms with Gasteiger partial charge in [-0.15, -0.1) is 0 Å². The summed E-state index contributed by atoms with van der Waals surface area (Å²) in [6, 6.07) is 7.57. The zero-order valence-electron chi connectivity index (χ0n) is 6.76. The smallest absolute Gasteiger partial charge is 0.0642 e. The number of halogens is 1. The number of aliphatic hydroxyl groups excluding tert-OH is 1. The van der Waals surface area contributed by atoms with Gasteiger partial charge in [-0.05, 0) is 23.6 Å². The van der Waals surface area contributed by atoms with Crippen molar-refractivity contribution in [3.8, 4) is 0 Å². The Bertz CT molecular complexity index is 281. The standard InChI is InChI=1S/C10H11ClO/c1-8(7-12)6-9-4-2-3-5-10(9)11/h2-5,12H,1,6-7H2. The van der Waals surface area contributed by atoms with Gasteiger partial charge in [0.1, 0.15) is 0 Å². The third-order valence-electron chi connectivity index (χ3n) is 1.62. The van der Waals surface area contributed by atoms with Crippen LogP contribution in [-0.2, 0) is 6.42 Å². The number of aliphatic hydroxyl groups is 1. The Labute approximate surface area is 77.3 Å². The summed E-state index contributed by atoms with van der Waals surface area (Å²) < 4.78 is 0. The molecule has 0 radical (unpaired) electrons. The van der Waals surface area contributed by atoms with Crippen molar-refractivity contribution in [2.75, 3.05) is 6.61 Å². The first kappa shape index (κ1) is 9.30. The molecule has 0 aromatic heterocycles. The lowest BCUT2D eigenvalue weighted by Gasteiger charge is -2.03. The minimum Gasteiger partial charge on any atom is -0.392 e. The highest BCUT2D eigenvalue weighted by molar-refractivity contribution is 6.31. The summed E-state index contributed by atoms with van der Waals surface area (Å²) in [6.07, 6.45) is 0.649. The van der Waals surface area contributed by atoms with Crippen molar-refractivity contribution < 1.29 is 5.11 Å². The quantitative estimate of drug-likeness (QED) is 0.712. The second kappa shape index (κ2) is 4.29. The highest BCUT2D eigenvalue weighted by Gasteiger charge is 1.99. The Balaban J connectivity index is 2.75. The predicted molar refractivity (Wildman–Crippen MR) is 51.4 cm³/mol. The lowest BCUT2D eigenvalue weighted by molar-refractivity contribution is 0.329. The number of hydrogen-bond acceptors (Lipinski definition) is 1. The van der Waals surface area contributed by atoms with E-state index in [2.05, 4.69) is 6.58 Å². The van der Waals surface area contributed by atoms with Crippen LogP contribution in [-0.4, -0.2) is 11.7 Å². The Hall–Kier alpha value is -0.790. The van der Waals surface area contributed by atoms with Crippen LogP contribution >= 0.6 is 11.6 Å². The molecule has 0 amide bonds. The summed E-state index contributed by atoms with van der Waals surface area (Å²) in [5.74, 6) is 0. The van der Waals surface area contributed by atoms with Gasteiger partial charge in [-0.25, -0.2) is 0 Å². The van der Waals surface area contributed by atoms with Gasteiger partial charge < -0.3 is 5.11 Å².